The molecule has 2 saturated carbocycles. The normalized spacial score (nSPS) is 51.7. The van der Waals surface area contributed by atoms with Crippen molar-refractivity contribution in [2.75, 3.05) is 0 Å². The van der Waals surface area contributed by atoms with Gasteiger partial charge < -0.3 is 4.79 Å². The Hall–Kier alpha value is 0.150. The molecule has 0 aromatic heterocycles. The van der Waals surface area contributed by atoms with Gasteiger partial charge in [-0.05, 0) is 24.7 Å². The SMILES string of the molecule is O=CC1(Br)[C@@H]2CCCC[C@@H]21. The third kappa shape index (κ3) is 0.714. The smallest absolute Gasteiger partial charge is 0.137 e. The van der Waals surface area contributed by atoms with Crippen molar-refractivity contribution in [3.63, 3.8) is 0 Å². The molecule has 0 aromatic carbocycles. The van der Waals surface area contributed by atoms with E-state index in [2.05, 4.69) is 15.9 Å². The Kier molecular flexibility index (Phi) is 1.41. The average molecular weight is 203 g/mol. The van der Waals surface area contributed by atoms with Crippen molar-refractivity contribution >= 4 is 22.2 Å². The van der Waals surface area contributed by atoms with Crippen LogP contribution in [0.15, 0.2) is 0 Å². The average Bonchev–Trinajstić information content (AvgIpc) is 2.60. The van der Waals surface area contributed by atoms with Crippen molar-refractivity contribution in [2.45, 2.75) is 30.0 Å². The van der Waals surface area contributed by atoms with E-state index in [0.29, 0.717) is 11.8 Å². The lowest BCUT2D eigenvalue weighted by Crippen LogP contribution is -2.03. The monoisotopic (exact) mass is 202 g/mol. The van der Waals surface area contributed by atoms with Crippen LogP contribution < -0.4 is 0 Å². The van der Waals surface area contributed by atoms with E-state index < -0.39 is 0 Å². The largest absolute Gasteiger partial charge is 0.302 e. The lowest BCUT2D eigenvalue weighted by atomic mass is 10.0. The molecule has 0 aromatic rings. The molecular formula is C8H11BrO. The Morgan fingerprint density at radius 2 is 1.80 bits per heavy atom. The van der Waals surface area contributed by atoms with Gasteiger partial charge in [0, 0.05) is 0 Å². The molecular weight excluding hydrogens is 192 g/mol. The van der Waals surface area contributed by atoms with Crippen molar-refractivity contribution in [1.82, 2.24) is 0 Å². The summed E-state index contributed by atoms with van der Waals surface area (Å²) < 4.78 is -0.0799. The zero-order valence-electron chi connectivity index (χ0n) is 5.85. The van der Waals surface area contributed by atoms with E-state index in [4.69, 9.17) is 0 Å². The lowest BCUT2D eigenvalue weighted by molar-refractivity contribution is -0.108. The van der Waals surface area contributed by atoms with Crippen molar-refractivity contribution in [2.24, 2.45) is 11.8 Å². The van der Waals surface area contributed by atoms with Gasteiger partial charge in [-0.1, -0.05) is 28.8 Å². The molecule has 0 aliphatic heterocycles. The van der Waals surface area contributed by atoms with Crippen LogP contribution in [0.2, 0.25) is 0 Å². The highest BCUT2D eigenvalue weighted by molar-refractivity contribution is 9.10. The number of rotatable bonds is 1. The van der Waals surface area contributed by atoms with Crippen LogP contribution in [0.3, 0.4) is 0 Å². The first kappa shape index (κ1) is 6.84. The molecule has 0 radical (unpaired) electrons. The highest BCUT2D eigenvalue weighted by Gasteiger charge is 2.63. The number of halogens is 1. The Morgan fingerprint density at radius 1 is 1.30 bits per heavy atom. The van der Waals surface area contributed by atoms with Gasteiger partial charge in [-0.15, -0.1) is 0 Å². The Balaban J connectivity index is 2.11. The van der Waals surface area contributed by atoms with E-state index in [1.807, 2.05) is 0 Å². The molecule has 10 heavy (non-hydrogen) atoms. The predicted molar refractivity (Wildman–Crippen MR) is 43.2 cm³/mol. The number of aldehydes is 1. The molecule has 2 fully saturated rings. The minimum Gasteiger partial charge on any atom is -0.302 e. The highest BCUT2D eigenvalue weighted by atomic mass is 79.9. The first-order valence-electron chi connectivity index (χ1n) is 3.94. The molecule has 2 heteroatoms. The number of fused-ring (bicyclic) bond motifs is 1. The molecule has 0 saturated heterocycles. The number of hydrogen-bond acceptors (Lipinski definition) is 1. The van der Waals surface area contributed by atoms with Crippen LogP contribution in [0, 0.1) is 11.8 Å². The minimum atomic E-state index is -0.0799. The molecule has 0 N–H and O–H groups in total. The van der Waals surface area contributed by atoms with Gasteiger partial charge in [-0.2, -0.15) is 0 Å². The molecule has 2 aliphatic rings. The number of carbonyl (C=O) groups excluding carboxylic acids is 1. The molecule has 2 rings (SSSR count). The maximum absolute atomic E-state index is 10.6. The summed E-state index contributed by atoms with van der Waals surface area (Å²) in [5.74, 6) is 1.36. The maximum atomic E-state index is 10.6. The van der Waals surface area contributed by atoms with Gasteiger partial charge in [0.1, 0.15) is 6.29 Å². The van der Waals surface area contributed by atoms with E-state index in [1.165, 1.54) is 25.7 Å². The van der Waals surface area contributed by atoms with E-state index in [-0.39, 0.29) is 4.32 Å². The summed E-state index contributed by atoms with van der Waals surface area (Å²) in [6, 6.07) is 0. The molecule has 1 unspecified atom stereocenters. The van der Waals surface area contributed by atoms with Crippen molar-refractivity contribution in [1.29, 1.82) is 0 Å². The van der Waals surface area contributed by atoms with E-state index in [9.17, 15) is 4.79 Å². The van der Waals surface area contributed by atoms with Crippen molar-refractivity contribution < 1.29 is 4.79 Å². The fourth-order valence-corrected chi connectivity index (χ4v) is 3.24. The quantitative estimate of drug-likeness (QED) is 0.471. The van der Waals surface area contributed by atoms with Crippen LogP contribution in [-0.2, 0) is 4.79 Å². The van der Waals surface area contributed by atoms with Gasteiger partial charge in [0.15, 0.2) is 0 Å². The topological polar surface area (TPSA) is 17.1 Å². The molecule has 2 aliphatic carbocycles. The molecule has 0 bridgehead atoms. The van der Waals surface area contributed by atoms with Crippen LogP contribution in [0.5, 0.6) is 0 Å². The van der Waals surface area contributed by atoms with E-state index >= 15 is 0 Å². The van der Waals surface area contributed by atoms with Crippen molar-refractivity contribution in [3.8, 4) is 0 Å². The summed E-state index contributed by atoms with van der Waals surface area (Å²) in [6.07, 6.45) is 6.27. The van der Waals surface area contributed by atoms with Crippen LogP contribution in [0.1, 0.15) is 25.7 Å². The van der Waals surface area contributed by atoms with Gasteiger partial charge in [0.2, 0.25) is 0 Å². The van der Waals surface area contributed by atoms with Crippen LogP contribution in [0.25, 0.3) is 0 Å². The van der Waals surface area contributed by atoms with Crippen LogP contribution >= 0.6 is 15.9 Å². The molecule has 56 valence electrons. The van der Waals surface area contributed by atoms with E-state index in [0.717, 1.165) is 6.29 Å². The highest BCUT2D eigenvalue weighted by Crippen LogP contribution is 2.62. The zero-order valence-corrected chi connectivity index (χ0v) is 7.43. The maximum Gasteiger partial charge on any atom is 0.137 e. The molecule has 0 heterocycles. The van der Waals surface area contributed by atoms with E-state index in [1.54, 1.807) is 0 Å². The van der Waals surface area contributed by atoms with Gasteiger partial charge in [-0.25, -0.2) is 0 Å². The van der Waals surface area contributed by atoms with Gasteiger partial charge in [0.05, 0.1) is 4.32 Å². The first-order chi connectivity index (χ1) is 4.79. The lowest BCUT2D eigenvalue weighted by Gasteiger charge is -2.04. The molecule has 3 atom stereocenters. The Labute approximate surface area is 69.3 Å². The zero-order chi connectivity index (χ0) is 7.19. The number of alkyl halides is 1. The van der Waals surface area contributed by atoms with Gasteiger partial charge in [0.25, 0.3) is 0 Å². The standard InChI is InChI=1S/C8H11BrO/c9-8(5-10)6-3-1-2-4-7(6)8/h5-7H,1-4H2/t6-,7+,8?. The fourth-order valence-electron chi connectivity index (χ4n) is 2.27. The number of carbonyl (C=O) groups is 1. The molecule has 0 amide bonds. The third-order valence-corrected chi connectivity index (χ3v) is 4.34. The van der Waals surface area contributed by atoms with Crippen LogP contribution in [0.4, 0.5) is 0 Å². The fraction of sp³-hybridized carbons (Fsp3) is 0.875. The Bertz CT molecular complexity index is 155. The number of hydrogen-bond donors (Lipinski definition) is 0. The summed E-state index contributed by atoms with van der Waals surface area (Å²) >= 11 is 3.51. The van der Waals surface area contributed by atoms with Crippen molar-refractivity contribution in [3.05, 3.63) is 0 Å². The summed E-state index contributed by atoms with van der Waals surface area (Å²) in [5, 5.41) is 0. The summed E-state index contributed by atoms with van der Waals surface area (Å²) in [6.45, 7) is 0. The molecule has 0 spiro atoms. The minimum absolute atomic E-state index is 0.0799. The summed E-state index contributed by atoms with van der Waals surface area (Å²) in [5.41, 5.74) is 0. The third-order valence-electron chi connectivity index (χ3n) is 2.97. The summed E-state index contributed by atoms with van der Waals surface area (Å²) in [7, 11) is 0. The van der Waals surface area contributed by atoms with Crippen LogP contribution in [-0.4, -0.2) is 10.6 Å². The summed E-state index contributed by atoms with van der Waals surface area (Å²) in [4.78, 5) is 10.6. The van der Waals surface area contributed by atoms with Gasteiger partial charge in [-0.3, -0.25) is 0 Å². The van der Waals surface area contributed by atoms with Gasteiger partial charge >= 0.3 is 0 Å². The Morgan fingerprint density at radius 3 is 2.20 bits per heavy atom. The second-order valence-electron chi connectivity index (χ2n) is 3.44. The second kappa shape index (κ2) is 2.07. The first-order valence-corrected chi connectivity index (χ1v) is 4.73. The predicted octanol–water partition coefficient (Wildman–Crippen LogP) is 2.14. The molecule has 1 nitrogen and oxygen atoms in total. The second-order valence-corrected chi connectivity index (χ2v) is 4.82.